The molecule has 14 heteroatoms. The van der Waals surface area contributed by atoms with Crippen molar-refractivity contribution in [1.82, 2.24) is 19.5 Å². The van der Waals surface area contributed by atoms with E-state index in [1.165, 1.54) is 16.3 Å². The van der Waals surface area contributed by atoms with Crippen molar-refractivity contribution in [2.75, 3.05) is 45.0 Å². The van der Waals surface area contributed by atoms with Crippen molar-refractivity contribution in [3.05, 3.63) is 10.4 Å². The molecule has 0 amide bonds. The molecule has 0 aliphatic carbocycles. The Balaban J connectivity index is 2.00. The first-order valence-corrected chi connectivity index (χ1v) is 11.7. The molecule has 3 heterocycles. The Bertz CT molecular complexity index is 1050. The number of H-pyrrole nitrogens is 1. The molecule has 5 N–H and O–H groups in total. The van der Waals surface area contributed by atoms with Crippen LogP contribution in [0.5, 0.6) is 0 Å². The second kappa shape index (κ2) is 11.0. The van der Waals surface area contributed by atoms with Crippen LogP contribution in [0, 0.1) is 5.41 Å². The molecule has 0 radical (unpaired) electrons. The fraction of sp³-hybridized carbons (Fsp3) is 0.700. The zero-order valence-electron chi connectivity index (χ0n) is 19.5. The number of imidazole rings is 1. The highest BCUT2D eigenvalue weighted by molar-refractivity contribution is 7.99. The lowest BCUT2D eigenvalue weighted by molar-refractivity contribution is -0.168. The van der Waals surface area contributed by atoms with E-state index in [0.717, 1.165) is 0 Å². The highest BCUT2D eigenvalue weighted by Gasteiger charge is 2.49. The minimum Gasteiger partial charge on any atom is -0.454 e. The van der Waals surface area contributed by atoms with Crippen molar-refractivity contribution in [1.29, 1.82) is 0 Å². The summed E-state index contributed by atoms with van der Waals surface area (Å²) in [6.07, 6.45) is -4.67. The number of fused-ring (bicyclic) bond motifs is 1. The molecular weight excluding hydrogens is 470 g/mol. The number of hydrogen-bond acceptors (Lipinski definition) is 12. The van der Waals surface area contributed by atoms with Gasteiger partial charge in [0, 0.05) is 12.9 Å². The maximum Gasteiger partial charge on any atom is 0.311 e. The molecule has 0 aromatic carbocycles. The van der Waals surface area contributed by atoms with Crippen molar-refractivity contribution in [3.63, 3.8) is 0 Å². The van der Waals surface area contributed by atoms with Gasteiger partial charge in [0.15, 0.2) is 28.7 Å². The minimum absolute atomic E-state index is 0.00318. The highest BCUT2D eigenvalue weighted by atomic mass is 32.2. The van der Waals surface area contributed by atoms with Crippen LogP contribution >= 0.6 is 11.8 Å². The topological polar surface area (TPSA) is 184 Å². The quantitative estimate of drug-likeness (QED) is 0.189. The first kappa shape index (κ1) is 26.4. The van der Waals surface area contributed by atoms with E-state index < -0.39 is 48.1 Å². The first-order valence-electron chi connectivity index (χ1n) is 10.7. The number of anilines is 1. The zero-order chi connectivity index (χ0) is 25.0. The molecule has 0 saturated carbocycles. The highest BCUT2D eigenvalue weighted by Crippen LogP contribution is 2.37. The van der Waals surface area contributed by atoms with Crippen LogP contribution < -0.4 is 11.3 Å². The average Bonchev–Trinajstić information content (AvgIpc) is 3.27. The predicted octanol–water partition coefficient (Wildman–Crippen LogP) is -0.335. The average molecular weight is 502 g/mol. The fourth-order valence-corrected chi connectivity index (χ4v) is 4.12. The molecule has 13 nitrogen and oxygen atoms in total. The first-order chi connectivity index (χ1) is 16.1. The van der Waals surface area contributed by atoms with Gasteiger partial charge in [-0.25, -0.2) is 4.98 Å². The number of hydrogen-bond donors (Lipinski definition) is 4. The number of carbonyl (C=O) groups is 1. The largest absolute Gasteiger partial charge is 0.454 e. The molecular formula is C20H31N5O8S. The Morgan fingerprint density at radius 3 is 2.68 bits per heavy atom. The third-order valence-corrected chi connectivity index (χ3v) is 5.95. The van der Waals surface area contributed by atoms with Crippen molar-refractivity contribution in [2.24, 2.45) is 5.41 Å². The third kappa shape index (κ3) is 5.70. The minimum atomic E-state index is -1.33. The van der Waals surface area contributed by atoms with Gasteiger partial charge in [-0.05, 0) is 20.8 Å². The number of rotatable bonds is 10. The van der Waals surface area contributed by atoms with Crippen LogP contribution in [-0.2, 0) is 23.7 Å². The second-order valence-corrected chi connectivity index (χ2v) is 9.76. The summed E-state index contributed by atoms with van der Waals surface area (Å²) in [6.45, 7) is 5.77. The van der Waals surface area contributed by atoms with Gasteiger partial charge in [0.1, 0.15) is 12.2 Å². The number of aromatic nitrogens is 4. The molecule has 3 rings (SSSR count). The van der Waals surface area contributed by atoms with E-state index >= 15 is 0 Å². The molecule has 190 valence electrons. The van der Waals surface area contributed by atoms with Gasteiger partial charge in [-0.2, -0.15) is 4.98 Å². The number of aromatic amines is 1. The normalized spacial score (nSPS) is 23.0. The fourth-order valence-electron chi connectivity index (χ4n) is 3.25. The monoisotopic (exact) mass is 501 g/mol. The molecule has 2 aromatic rings. The molecule has 0 bridgehead atoms. The van der Waals surface area contributed by atoms with Crippen molar-refractivity contribution < 1.29 is 34.0 Å². The Kier molecular flexibility index (Phi) is 8.54. The molecule has 34 heavy (non-hydrogen) atoms. The summed E-state index contributed by atoms with van der Waals surface area (Å²) in [6, 6.07) is 0. The Hall–Kier alpha value is -2.23. The van der Waals surface area contributed by atoms with Gasteiger partial charge in [-0.1, -0.05) is 11.8 Å². The number of carbonyl (C=O) groups excluding carboxylic acids is 1. The predicted molar refractivity (Wildman–Crippen MR) is 122 cm³/mol. The van der Waals surface area contributed by atoms with Gasteiger partial charge in [-0.15, -0.1) is 0 Å². The smallest absolute Gasteiger partial charge is 0.311 e. The van der Waals surface area contributed by atoms with Gasteiger partial charge in [0.2, 0.25) is 5.95 Å². The summed E-state index contributed by atoms with van der Waals surface area (Å²) in [5, 5.41) is 20.8. The van der Waals surface area contributed by atoms with E-state index in [2.05, 4.69) is 15.0 Å². The lowest BCUT2D eigenvalue weighted by Gasteiger charge is -2.26. The molecule has 1 saturated heterocycles. The van der Waals surface area contributed by atoms with Crippen molar-refractivity contribution in [2.45, 2.75) is 50.5 Å². The van der Waals surface area contributed by atoms with Gasteiger partial charge in [0.25, 0.3) is 5.56 Å². The molecule has 4 atom stereocenters. The lowest BCUT2D eigenvalue weighted by atomic mass is 9.97. The molecule has 0 unspecified atom stereocenters. The van der Waals surface area contributed by atoms with Crippen LogP contribution in [0.4, 0.5) is 5.95 Å². The number of ether oxygens (including phenoxy) is 4. The molecule has 2 aromatic heterocycles. The molecule has 1 aliphatic rings. The number of thioether (sulfide) groups is 1. The number of nitrogen functional groups attached to an aromatic ring is 1. The van der Waals surface area contributed by atoms with E-state index in [1.807, 2.05) is 0 Å². The summed E-state index contributed by atoms with van der Waals surface area (Å²) in [5.41, 5.74) is 4.45. The standard InChI is InChI=1S/C20H31N5O8S/c1-20(2,3)17(29)33-13-12(27)10(9-26)32-16(13)25-14-11(15(28)24-18(21)23-14)22-19(25)34-8-7-31-6-5-30-4/h10,12-13,16,26-27H,5-9H2,1-4H3,(H3,21,23,24,28)/t10-,12-,13-,16-/m1/s1. The summed E-state index contributed by atoms with van der Waals surface area (Å²) >= 11 is 1.26. The zero-order valence-corrected chi connectivity index (χ0v) is 20.3. The lowest BCUT2D eigenvalue weighted by Crippen LogP contribution is -2.39. The maximum atomic E-state index is 12.6. The number of esters is 1. The van der Waals surface area contributed by atoms with Gasteiger partial charge < -0.3 is 34.9 Å². The van der Waals surface area contributed by atoms with Crippen molar-refractivity contribution in [3.8, 4) is 0 Å². The summed E-state index contributed by atoms with van der Waals surface area (Å²) in [4.78, 5) is 36.1. The SMILES string of the molecule is COCCOCCSc1nc2c(=O)[nH]c(N)nc2n1[C@@H]1O[C@H](CO)[C@@H](O)[C@H]1OC(=O)C(C)(C)C. The Morgan fingerprint density at radius 1 is 1.29 bits per heavy atom. The number of nitrogens with zero attached hydrogens (tertiary/aromatic N) is 3. The Morgan fingerprint density at radius 2 is 2.03 bits per heavy atom. The van der Waals surface area contributed by atoms with Gasteiger partial charge >= 0.3 is 5.97 Å². The van der Waals surface area contributed by atoms with E-state index in [-0.39, 0.29) is 17.1 Å². The van der Waals surface area contributed by atoms with Crippen LogP contribution in [0.15, 0.2) is 9.95 Å². The number of aliphatic hydroxyl groups excluding tert-OH is 2. The number of methoxy groups -OCH3 is 1. The summed E-state index contributed by atoms with van der Waals surface area (Å²) in [7, 11) is 1.58. The van der Waals surface area contributed by atoms with Crippen LogP contribution in [0.25, 0.3) is 11.2 Å². The molecule has 1 fully saturated rings. The number of aliphatic hydroxyl groups is 2. The van der Waals surface area contributed by atoms with E-state index in [1.54, 1.807) is 27.9 Å². The van der Waals surface area contributed by atoms with E-state index in [4.69, 9.17) is 24.7 Å². The van der Waals surface area contributed by atoms with Crippen LogP contribution in [0.3, 0.4) is 0 Å². The maximum absolute atomic E-state index is 12.6. The van der Waals surface area contributed by atoms with Crippen LogP contribution in [-0.4, -0.2) is 93.3 Å². The van der Waals surface area contributed by atoms with E-state index in [0.29, 0.717) is 30.7 Å². The summed E-state index contributed by atoms with van der Waals surface area (Å²) in [5.74, 6) is -0.246. The van der Waals surface area contributed by atoms with E-state index in [9.17, 15) is 19.8 Å². The van der Waals surface area contributed by atoms with Crippen molar-refractivity contribution >= 4 is 34.8 Å². The van der Waals surface area contributed by atoms with Gasteiger partial charge in [0.05, 0.1) is 31.8 Å². The number of nitrogens with one attached hydrogen (secondary N) is 1. The summed E-state index contributed by atoms with van der Waals surface area (Å²) < 4.78 is 23.4. The van der Waals surface area contributed by atoms with Gasteiger partial charge in [-0.3, -0.25) is 19.1 Å². The molecule has 1 aliphatic heterocycles. The number of nitrogens with two attached hydrogens (primary N) is 1. The second-order valence-electron chi connectivity index (χ2n) is 8.70. The third-order valence-electron chi connectivity index (χ3n) is 5.03. The Labute approximate surface area is 199 Å². The van der Waals surface area contributed by atoms with Crippen LogP contribution in [0.1, 0.15) is 27.0 Å². The molecule has 0 spiro atoms. The van der Waals surface area contributed by atoms with Crippen LogP contribution in [0.2, 0.25) is 0 Å².